The molecule has 6 N–H and O–H groups in total. The molecule has 0 bridgehead atoms. The average Bonchev–Trinajstić information content (AvgIpc) is 2.69. The maximum absolute atomic E-state index is 9.40. The van der Waals surface area contributed by atoms with E-state index in [4.69, 9.17) is 39.1 Å². The number of halogens is 2. The van der Waals surface area contributed by atoms with E-state index in [9.17, 15) is 5.11 Å². The van der Waals surface area contributed by atoms with Crippen LogP contribution >= 0.6 is 23.2 Å². The summed E-state index contributed by atoms with van der Waals surface area (Å²) in [6, 6.07) is 0.152. The van der Waals surface area contributed by atoms with E-state index in [1.54, 1.807) is 0 Å². The van der Waals surface area contributed by atoms with Crippen molar-refractivity contribution in [2.75, 3.05) is 11.1 Å². The van der Waals surface area contributed by atoms with Gasteiger partial charge in [-0.05, 0) is 44.7 Å². The van der Waals surface area contributed by atoms with Crippen LogP contribution in [0.3, 0.4) is 0 Å². The predicted molar refractivity (Wildman–Crippen MR) is 82.2 cm³/mol. The smallest absolute Gasteiger partial charge is 0.225 e. The van der Waals surface area contributed by atoms with E-state index in [0.717, 1.165) is 12.8 Å². The van der Waals surface area contributed by atoms with E-state index >= 15 is 0 Å². The first-order chi connectivity index (χ1) is 9.56. The number of aliphatic hydroxyl groups excluding tert-OH is 1. The zero-order chi connectivity index (χ0) is 16.2. The molecule has 0 aromatic carbocycles. The highest BCUT2D eigenvalue weighted by atomic mass is 35.5. The highest BCUT2D eigenvalue weighted by Gasteiger charge is 2.24. The van der Waals surface area contributed by atoms with E-state index in [2.05, 4.69) is 15.3 Å². The molecule has 0 amide bonds. The van der Waals surface area contributed by atoms with Gasteiger partial charge >= 0.3 is 0 Å². The molecular weight excluding hydrogens is 319 g/mol. The molecule has 1 heterocycles. The fourth-order valence-electron chi connectivity index (χ4n) is 1.81. The monoisotopic (exact) mass is 338 g/mol. The normalized spacial score (nSPS) is 21.7. The minimum atomic E-state index is -1.50. The van der Waals surface area contributed by atoms with E-state index in [0.29, 0.717) is 12.2 Å². The van der Waals surface area contributed by atoms with E-state index in [1.165, 1.54) is 13.8 Å². The molecule has 1 aromatic rings. The summed E-state index contributed by atoms with van der Waals surface area (Å²) in [7, 11) is 0. The molecular formula is C12H20Cl2N4O3. The quantitative estimate of drug-likeness (QED) is 0.313. The lowest BCUT2D eigenvalue weighted by Gasteiger charge is -2.14. The molecule has 2 unspecified atom stereocenters. The van der Waals surface area contributed by atoms with Crippen molar-refractivity contribution in [3.8, 4) is 0 Å². The van der Waals surface area contributed by atoms with Crippen molar-refractivity contribution in [3.05, 3.63) is 10.4 Å². The minimum Gasteiger partial charge on any atom is -0.393 e. The molecule has 2 atom stereocenters. The van der Waals surface area contributed by atoms with Gasteiger partial charge in [0.25, 0.3) is 0 Å². The van der Waals surface area contributed by atoms with Crippen LogP contribution in [0.25, 0.3) is 0 Å². The molecule has 21 heavy (non-hydrogen) atoms. The standard InChI is InChI=1S/C9H12Cl2N4O.C3H8O2/c10-7-6(12)8(15-9(11)14-7)13-4-1-2-5(16)3-4;1-3(2,4)5/h4-5,16H,1-3,12H2,(H,13,14,15);4-5H,1-2H3. The number of rotatable bonds is 2. The van der Waals surface area contributed by atoms with Gasteiger partial charge in [0.05, 0.1) is 6.10 Å². The van der Waals surface area contributed by atoms with Gasteiger partial charge < -0.3 is 26.4 Å². The van der Waals surface area contributed by atoms with Crippen LogP contribution in [0, 0.1) is 0 Å². The maximum Gasteiger partial charge on any atom is 0.225 e. The van der Waals surface area contributed by atoms with Gasteiger partial charge in [-0.2, -0.15) is 4.98 Å². The van der Waals surface area contributed by atoms with Gasteiger partial charge in [-0.1, -0.05) is 11.6 Å². The van der Waals surface area contributed by atoms with Gasteiger partial charge in [-0.25, -0.2) is 4.98 Å². The van der Waals surface area contributed by atoms with Crippen LogP contribution in [0.5, 0.6) is 0 Å². The molecule has 1 aliphatic rings. The van der Waals surface area contributed by atoms with E-state index < -0.39 is 5.79 Å². The zero-order valence-corrected chi connectivity index (χ0v) is 13.4. The maximum atomic E-state index is 9.40. The summed E-state index contributed by atoms with van der Waals surface area (Å²) in [5.41, 5.74) is 6.01. The first-order valence-corrected chi connectivity index (χ1v) is 7.19. The number of hydrogen-bond acceptors (Lipinski definition) is 7. The molecule has 120 valence electrons. The second-order valence-electron chi connectivity index (χ2n) is 5.35. The lowest BCUT2D eigenvalue weighted by Crippen LogP contribution is -2.18. The Kier molecular flexibility index (Phi) is 6.42. The molecule has 0 saturated heterocycles. The van der Waals surface area contributed by atoms with Gasteiger partial charge in [0, 0.05) is 6.04 Å². The second-order valence-corrected chi connectivity index (χ2v) is 6.04. The van der Waals surface area contributed by atoms with Gasteiger partial charge in [0.15, 0.2) is 16.8 Å². The lowest BCUT2D eigenvalue weighted by atomic mass is 10.2. The number of anilines is 2. The molecule has 2 rings (SSSR count). The van der Waals surface area contributed by atoms with Crippen molar-refractivity contribution in [2.24, 2.45) is 0 Å². The Morgan fingerprint density at radius 3 is 2.29 bits per heavy atom. The molecule has 0 aliphatic heterocycles. The fraction of sp³-hybridized carbons (Fsp3) is 0.667. The van der Waals surface area contributed by atoms with Crippen LogP contribution in [0.1, 0.15) is 33.1 Å². The SMILES string of the molecule is CC(C)(O)O.Nc1c(Cl)nc(Cl)nc1NC1CCC(O)C1. The Labute approximate surface area is 133 Å². The molecule has 7 nitrogen and oxygen atoms in total. The van der Waals surface area contributed by atoms with Crippen LogP contribution in [0.2, 0.25) is 10.4 Å². The van der Waals surface area contributed by atoms with Crippen LogP contribution in [0.15, 0.2) is 0 Å². The Bertz CT molecular complexity index is 476. The van der Waals surface area contributed by atoms with Crippen LogP contribution in [-0.4, -0.2) is 43.2 Å². The summed E-state index contributed by atoms with van der Waals surface area (Å²) < 4.78 is 0. The Balaban J connectivity index is 0.000000383. The number of nitrogens with zero attached hydrogens (tertiary/aromatic N) is 2. The third-order valence-corrected chi connectivity index (χ3v) is 3.07. The van der Waals surface area contributed by atoms with Crippen molar-refractivity contribution in [2.45, 2.75) is 51.0 Å². The predicted octanol–water partition coefficient (Wildman–Crippen LogP) is 1.40. The van der Waals surface area contributed by atoms with E-state index in [-0.39, 0.29) is 28.3 Å². The van der Waals surface area contributed by atoms with Crippen molar-refractivity contribution >= 4 is 34.7 Å². The number of nitrogens with two attached hydrogens (primary N) is 1. The number of nitrogens with one attached hydrogen (secondary N) is 1. The minimum absolute atomic E-state index is 0.0558. The van der Waals surface area contributed by atoms with Crippen LogP contribution < -0.4 is 11.1 Å². The Morgan fingerprint density at radius 2 is 1.81 bits per heavy atom. The average molecular weight is 339 g/mol. The molecule has 1 fully saturated rings. The topological polar surface area (TPSA) is 125 Å². The third-order valence-electron chi connectivity index (χ3n) is 2.62. The number of aliphatic hydroxyl groups is 3. The largest absolute Gasteiger partial charge is 0.393 e. The molecule has 1 aliphatic carbocycles. The van der Waals surface area contributed by atoms with Crippen LogP contribution in [0.4, 0.5) is 11.5 Å². The summed E-state index contributed by atoms with van der Waals surface area (Å²) >= 11 is 11.5. The van der Waals surface area contributed by atoms with Crippen molar-refractivity contribution < 1.29 is 15.3 Å². The highest BCUT2D eigenvalue weighted by molar-refractivity contribution is 6.34. The fourth-order valence-corrected chi connectivity index (χ4v) is 2.19. The summed E-state index contributed by atoms with van der Waals surface area (Å²) in [5.74, 6) is -1.07. The first-order valence-electron chi connectivity index (χ1n) is 6.44. The summed E-state index contributed by atoms with van der Waals surface area (Å²) in [5, 5.41) is 28.9. The zero-order valence-electron chi connectivity index (χ0n) is 11.8. The number of hydrogen-bond donors (Lipinski definition) is 5. The highest BCUT2D eigenvalue weighted by Crippen LogP contribution is 2.29. The summed E-state index contributed by atoms with van der Waals surface area (Å²) in [6.45, 7) is 2.60. The van der Waals surface area contributed by atoms with Gasteiger partial charge in [-0.15, -0.1) is 0 Å². The Hall–Kier alpha value is -0.860. The Morgan fingerprint density at radius 1 is 1.24 bits per heavy atom. The number of nitrogen functional groups attached to an aromatic ring is 1. The van der Waals surface area contributed by atoms with Crippen molar-refractivity contribution in [1.82, 2.24) is 9.97 Å². The lowest BCUT2D eigenvalue weighted by molar-refractivity contribution is -0.127. The molecule has 1 saturated carbocycles. The summed E-state index contributed by atoms with van der Waals surface area (Å²) in [6.07, 6.45) is 2.08. The third kappa shape index (κ3) is 7.10. The molecule has 1 aromatic heterocycles. The molecule has 0 spiro atoms. The van der Waals surface area contributed by atoms with Gasteiger partial charge in [0.2, 0.25) is 5.28 Å². The van der Waals surface area contributed by atoms with Crippen LogP contribution in [-0.2, 0) is 0 Å². The van der Waals surface area contributed by atoms with Gasteiger partial charge in [-0.3, -0.25) is 0 Å². The van der Waals surface area contributed by atoms with E-state index in [1.807, 2.05) is 0 Å². The van der Waals surface area contributed by atoms with Crippen molar-refractivity contribution in [1.29, 1.82) is 0 Å². The second kappa shape index (κ2) is 7.42. The summed E-state index contributed by atoms with van der Waals surface area (Å²) in [4.78, 5) is 7.70. The molecule has 9 heteroatoms. The molecule has 0 radical (unpaired) electrons. The van der Waals surface area contributed by atoms with Crippen molar-refractivity contribution in [3.63, 3.8) is 0 Å². The van der Waals surface area contributed by atoms with Gasteiger partial charge in [0.1, 0.15) is 5.69 Å². The first kappa shape index (κ1) is 18.2. The number of aromatic nitrogens is 2.